The number of hydrogen-bond donors (Lipinski definition) is 1. The van der Waals surface area contributed by atoms with Gasteiger partial charge in [0.25, 0.3) is 0 Å². The van der Waals surface area contributed by atoms with Crippen LogP contribution in [0, 0.1) is 11.3 Å². The molecule has 0 aromatic carbocycles. The molecule has 3 rings (SSSR count). The van der Waals surface area contributed by atoms with E-state index in [9.17, 15) is 5.26 Å². The Morgan fingerprint density at radius 1 is 1.29 bits per heavy atom. The van der Waals surface area contributed by atoms with Gasteiger partial charge in [-0.1, -0.05) is 0 Å². The van der Waals surface area contributed by atoms with Gasteiger partial charge in [-0.3, -0.25) is 0 Å². The van der Waals surface area contributed by atoms with Gasteiger partial charge in [0.05, 0.1) is 12.7 Å². The number of nitrogens with zero attached hydrogens (tertiary/aromatic N) is 5. The normalized spacial score (nSPS) is 15.0. The topological polar surface area (TPSA) is 87.0 Å². The Labute approximate surface area is 148 Å². The summed E-state index contributed by atoms with van der Waals surface area (Å²) in [4.78, 5) is 14.8. The lowest BCUT2D eigenvalue weighted by molar-refractivity contribution is 0.397. The minimum Gasteiger partial charge on any atom is -0.481 e. The average molecular weight is 389 g/mol. The van der Waals surface area contributed by atoms with Gasteiger partial charge < -0.3 is 15.0 Å². The highest BCUT2D eigenvalue weighted by Crippen LogP contribution is 2.25. The molecule has 0 saturated carbocycles. The maximum atomic E-state index is 9.29. The predicted molar refractivity (Wildman–Crippen MR) is 94.1 cm³/mol. The lowest BCUT2D eigenvalue weighted by atomic mass is 10.0. The molecular weight excluding hydrogens is 372 g/mol. The number of aromatic nitrogens is 3. The molecule has 0 atom stereocenters. The van der Waals surface area contributed by atoms with E-state index < -0.39 is 0 Å². The van der Waals surface area contributed by atoms with Gasteiger partial charge >= 0.3 is 0 Å². The zero-order valence-electron chi connectivity index (χ0n) is 13.2. The maximum Gasteiger partial charge on any atom is 0.218 e. The molecule has 0 amide bonds. The van der Waals surface area contributed by atoms with Crippen LogP contribution >= 0.6 is 15.9 Å². The molecule has 2 aromatic rings. The van der Waals surface area contributed by atoms with Crippen molar-refractivity contribution in [2.24, 2.45) is 0 Å². The standard InChI is InChI=1S/C16H17BrN6O/c1-24-15-7-14(20-10-21-15)22-13-2-4-23(5-3-13)16-11(8-18)6-12(17)9-19-16/h6-7,9-10,13H,2-5H2,1H3,(H,20,21,22). The van der Waals surface area contributed by atoms with E-state index in [2.05, 4.69) is 47.2 Å². The van der Waals surface area contributed by atoms with Crippen LogP contribution in [0.25, 0.3) is 0 Å². The first-order chi connectivity index (χ1) is 11.7. The number of ether oxygens (including phenoxy) is 1. The number of methoxy groups -OCH3 is 1. The zero-order chi connectivity index (χ0) is 16.9. The number of anilines is 2. The molecular formula is C16H17BrN6O. The molecule has 3 heterocycles. The Hall–Kier alpha value is -2.40. The van der Waals surface area contributed by atoms with Crippen molar-refractivity contribution in [3.8, 4) is 11.9 Å². The molecule has 1 fully saturated rings. The summed E-state index contributed by atoms with van der Waals surface area (Å²) in [5.74, 6) is 2.06. The third-order valence-corrected chi connectivity index (χ3v) is 4.39. The summed E-state index contributed by atoms with van der Waals surface area (Å²) in [5, 5.41) is 12.7. The average Bonchev–Trinajstić information content (AvgIpc) is 2.62. The Morgan fingerprint density at radius 2 is 2.08 bits per heavy atom. The molecule has 0 spiro atoms. The summed E-state index contributed by atoms with van der Waals surface area (Å²) in [6.45, 7) is 1.67. The van der Waals surface area contributed by atoms with E-state index in [1.807, 2.05) is 0 Å². The van der Waals surface area contributed by atoms with E-state index in [1.165, 1.54) is 6.33 Å². The van der Waals surface area contributed by atoms with Gasteiger partial charge in [0.1, 0.15) is 24.0 Å². The summed E-state index contributed by atoms with van der Waals surface area (Å²) in [5.41, 5.74) is 0.594. The van der Waals surface area contributed by atoms with Crippen LogP contribution in [0.2, 0.25) is 0 Å². The van der Waals surface area contributed by atoms with Gasteiger partial charge in [-0.2, -0.15) is 5.26 Å². The Kier molecular flexibility index (Phi) is 5.11. The molecule has 0 radical (unpaired) electrons. The third-order valence-electron chi connectivity index (χ3n) is 3.95. The van der Waals surface area contributed by atoms with Gasteiger partial charge in [-0.15, -0.1) is 0 Å². The van der Waals surface area contributed by atoms with E-state index in [1.54, 1.807) is 25.4 Å². The fourth-order valence-electron chi connectivity index (χ4n) is 2.74. The van der Waals surface area contributed by atoms with Crippen LogP contribution in [0.5, 0.6) is 5.88 Å². The number of nitrogens with one attached hydrogen (secondary N) is 1. The predicted octanol–water partition coefficient (Wildman–Crippen LogP) is 2.60. The first-order valence-corrected chi connectivity index (χ1v) is 8.42. The van der Waals surface area contributed by atoms with Crippen LogP contribution in [-0.2, 0) is 0 Å². The third kappa shape index (κ3) is 3.74. The number of piperidine rings is 1. The number of hydrogen-bond acceptors (Lipinski definition) is 7. The van der Waals surface area contributed by atoms with E-state index in [0.717, 1.165) is 42.0 Å². The minimum absolute atomic E-state index is 0.321. The fraction of sp³-hybridized carbons (Fsp3) is 0.375. The van der Waals surface area contributed by atoms with Crippen molar-refractivity contribution in [1.29, 1.82) is 5.26 Å². The van der Waals surface area contributed by atoms with Gasteiger partial charge in [0, 0.05) is 35.9 Å². The second kappa shape index (κ2) is 7.45. The molecule has 0 aliphatic carbocycles. The Balaban J connectivity index is 1.63. The van der Waals surface area contributed by atoms with Crippen molar-refractivity contribution < 1.29 is 4.74 Å². The molecule has 124 valence electrons. The number of nitriles is 1. The quantitative estimate of drug-likeness (QED) is 0.860. The molecule has 1 saturated heterocycles. The Bertz CT molecular complexity index is 754. The molecule has 1 aliphatic heterocycles. The molecule has 1 aliphatic rings. The van der Waals surface area contributed by atoms with Crippen LogP contribution in [-0.4, -0.2) is 41.2 Å². The molecule has 1 N–H and O–H groups in total. The summed E-state index contributed by atoms with van der Waals surface area (Å²) < 4.78 is 5.93. The van der Waals surface area contributed by atoms with Crippen LogP contribution in [0.4, 0.5) is 11.6 Å². The highest BCUT2D eigenvalue weighted by atomic mass is 79.9. The summed E-state index contributed by atoms with van der Waals surface area (Å²) in [7, 11) is 1.59. The highest BCUT2D eigenvalue weighted by Gasteiger charge is 2.22. The molecule has 8 heteroatoms. The van der Waals surface area contributed by atoms with E-state index in [0.29, 0.717) is 17.5 Å². The van der Waals surface area contributed by atoms with Gasteiger partial charge in [-0.25, -0.2) is 15.0 Å². The fourth-order valence-corrected chi connectivity index (χ4v) is 3.07. The molecule has 24 heavy (non-hydrogen) atoms. The summed E-state index contributed by atoms with van der Waals surface area (Å²) in [6.07, 6.45) is 5.10. The van der Waals surface area contributed by atoms with Gasteiger partial charge in [0.15, 0.2) is 0 Å². The van der Waals surface area contributed by atoms with Gasteiger partial charge in [-0.05, 0) is 34.8 Å². The minimum atomic E-state index is 0.321. The van der Waals surface area contributed by atoms with E-state index in [4.69, 9.17) is 4.74 Å². The second-order valence-corrected chi connectivity index (χ2v) is 6.40. The monoisotopic (exact) mass is 388 g/mol. The van der Waals surface area contributed by atoms with Crippen molar-refractivity contribution in [3.05, 3.63) is 34.7 Å². The van der Waals surface area contributed by atoms with E-state index in [-0.39, 0.29) is 0 Å². The summed E-state index contributed by atoms with van der Waals surface area (Å²) >= 11 is 3.36. The van der Waals surface area contributed by atoms with Crippen molar-refractivity contribution in [2.45, 2.75) is 18.9 Å². The molecule has 0 unspecified atom stereocenters. The second-order valence-electron chi connectivity index (χ2n) is 5.49. The van der Waals surface area contributed by atoms with E-state index >= 15 is 0 Å². The highest BCUT2D eigenvalue weighted by molar-refractivity contribution is 9.10. The van der Waals surface area contributed by atoms with Crippen LogP contribution in [0.1, 0.15) is 18.4 Å². The first-order valence-electron chi connectivity index (χ1n) is 7.62. The SMILES string of the molecule is COc1cc(NC2CCN(c3ncc(Br)cc3C#N)CC2)ncn1. The lowest BCUT2D eigenvalue weighted by Gasteiger charge is -2.33. The smallest absolute Gasteiger partial charge is 0.218 e. The van der Waals surface area contributed by atoms with Crippen molar-refractivity contribution in [1.82, 2.24) is 15.0 Å². The molecule has 0 bridgehead atoms. The maximum absolute atomic E-state index is 9.29. The number of halogens is 1. The van der Waals surface area contributed by atoms with Crippen molar-refractivity contribution >= 4 is 27.6 Å². The first kappa shape index (κ1) is 16.5. The van der Waals surface area contributed by atoms with Crippen LogP contribution < -0.4 is 15.0 Å². The largest absolute Gasteiger partial charge is 0.481 e. The van der Waals surface area contributed by atoms with Crippen molar-refractivity contribution in [2.75, 3.05) is 30.4 Å². The number of pyridine rings is 1. The number of rotatable bonds is 4. The molecule has 7 nitrogen and oxygen atoms in total. The summed E-state index contributed by atoms with van der Waals surface area (Å²) in [6, 6.07) is 6.13. The zero-order valence-corrected chi connectivity index (χ0v) is 14.8. The van der Waals surface area contributed by atoms with Crippen molar-refractivity contribution in [3.63, 3.8) is 0 Å². The molecule has 2 aromatic heterocycles. The van der Waals surface area contributed by atoms with Crippen LogP contribution in [0.3, 0.4) is 0 Å². The van der Waals surface area contributed by atoms with Gasteiger partial charge in [0.2, 0.25) is 5.88 Å². The Morgan fingerprint density at radius 3 is 2.79 bits per heavy atom. The van der Waals surface area contributed by atoms with Crippen LogP contribution in [0.15, 0.2) is 29.1 Å². The lowest BCUT2D eigenvalue weighted by Crippen LogP contribution is -2.40.